The zero-order valence-electron chi connectivity index (χ0n) is 39.6. The molecular weight excluding hydrogens is 877 g/mol. The van der Waals surface area contributed by atoms with Crippen LogP contribution in [0.3, 0.4) is 0 Å². The molecule has 11 aromatic rings. The van der Waals surface area contributed by atoms with E-state index in [4.69, 9.17) is 24.4 Å². The Labute approximate surface area is 419 Å². The number of hydrogen-bond donors (Lipinski definition) is 0. The van der Waals surface area contributed by atoms with Crippen LogP contribution in [0, 0.1) is 0 Å². The largest absolute Gasteiger partial charge is 0.456 e. The average Bonchev–Trinajstić information content (AvgIpc) is 3.74. The summed E-state index contributed by atoms with van der Waals surface area (Å²) in [5.74, 6) is 2.01. The van der Waals surface area contributed by atoms with Crippen LogP contribution < -0.4 is 0 Å². The topological polar surface area (TPSA) is 64.2 Å². The predicted molar refractivity (Wildman–Crippen MR) is 295 cm³/mol. The SMILES string of the molecule is C1=C(C2CCc3ccccc3-c3cc(-c4ccc5oc6cccc(-c7cccc(-c8nc(-c9ccccc9)nc(-c9ccccc9)n8)c7)c6c5c4)ccc32)/N=C(c2ccccc2)\C=C(\c2ccccc2)CC\1. The van der Waals surface area contributed by atoms with Crippen LogP contribution in [0.4, 0.5) is 0 Å². The molecule has 13 rings (SSSR count). The van der Waals surface area contributed by atoms with Crippen molar-refractivity contribution >= 4 is 33.2 Å². The minimum absolute atomic E-state index is 0.123. The first-order valence-corrected chi connectivity index (χ1v) is 24.9. The summed E-state index contributed by atoms with van der Waals surface area (Å²) in [5, 5.41) is 2.14. The molecule has 0 N–H and O–H groups in total. The van der Waals surface area contributed by atoms with Crippen LogP contribution in [-0.4, -0.2) is 20.7 Å². The molecule has 1 aliphatic heterocycles. The molecule has 0 bridgehead atoms. The minimum atomic E-state index is 0.123. The lowest BCUT2D eigenvalue weighted by atomic mass is 9.85. The van der Waals surface area contributed by atoms with E-state index in [1.807, 2.05) is 60.7 Å². The Balaban J connectivity index is 0.899. The van der Waals surface area contributed by atoms with Gasteiger partial charge in [-0.3, -0.25) is 4.99 Å². The summed E-state index contributed by atoms with van der Waals surface area (Å²) >= 11 is 0. The number of nitrogens with zero attached hydrogens (tertiary/aromatic N) is 4. The van der Waals surface area contributed by atoms with Crippen molar-refractivity contribution in [3.63, 3.8) is 0 Å². The van der Waals surface area contributed by atoms with Crippen molar-refractivity contribution in [2.75, 3.05) is 0 Å². The van der Waals surface area contributed by atoms with Gasteiger partial charge in [0.2, 0.25) is 0 Å². The highest BCUT2D eigenvalue weighted by Crippen LogP contribution is 2.46. The Bertz CT molecular complexity index is 3850. The Morgan fingerprint density at radius 1 is 0.403 bits per heavy atom. The van der Waals surface area contributed by atoms with Gasteiger partial charge in [0.25, 0.3) is 0 Å². The summed E-state index contributed by atoms with van der Waals surface area (Å²) in [4.78, 5) is 20.6. The van der Waals surface area contributed by atoms with Crippen LogP contribution >= 0.6 is 0 Å². The van der Waals surface area contributed by atoms with Crippen molar-refractivity contribution in [2.45, 2.75) is 31.6 Å². The molecule has 0 radical (unpaired) electrons. The molecule has 2 aromatic heterocycles. The lowest BCUT2D eigenvalue weighted by Gasteiger charge is -2.22. The number of fused-ring (bicyclic) bond motifs is 6. The maximum atomic E-state index is 6.62. The summed E-state index contributed by atoms with van der Waals surface area (Å²) in [6.07, 6.45) is 8.55. The minimum Gasteiger partial charge on any atom is -0.456 e. The number of aliphatic imine (C=N–C) groups is 1. The van der Waals surface area contributed by atoms with Gasteiger partial charge in [-0.05, 0) is 118 Å². The van der Waals surface area contributed by atoms with Gasteiger partial charge in [-0.15, -0.1) is 0 Å². The van der Waals surface area contributed by atoms with Gasteiger partial charge in [-0.1, -0.05) is 200 Å². The second-order valence-corrected chi connectivity index (χ2v) is 18.7. The van der Waals surface area contributed by atoms with Crippen LogP contribution in [0.15, 0.2) is 252 Å². The molecule has 5 heteroatoms. The standard InChI is InChI=1S/C67H48N4O/c1-5-18-44(19-6-1)49-27-16-32-60(68-61(43-49)46-21-7-2-8-22-46)57-38-34-45-20-13-14-30-54(45)58-41-50(35-37-56(57)58)51-36-39-62-59(42-51)64-55(31-17-33-63(64)72-62)52-28-15-29-53(40-52)67-70-65(47-23-9-3-10-24-47)69-66(71-67)48-25-11-4-12-26-48/h1-15,17-26,28-33,35-37,39-43,57H,16,27,34,38H2/b49-43+,60-32-,68-61+. The molecule has 5 nitrogen and oxygen atoms in total. The van der Waals surface area contributed by atoms with E-state index in [1.165, 1.54) is 33.4 Å². The van der Waals surface area contributed by atoms with Gasteiger partial charge in [-0.25, -0.2) is 15.0 Å². The quantitative estimate of drug-likeness (QED) is 0.152. The van der Waals surface area contributed by atoms with Crippen molar-refractivity contribution in [3.8, 4) is 67.5 Å². The second-order valence-electron chi connectivity index (χ2n) is 18.7. The molecule has 3 heterocycles. The third-order valence-corrected chi connectivity index (χ3v) is 14.3. The van der Waals surface area contributed by atoms with Crippen molar-refractivity contribution in [2.24, 2.45) is 4.99 Å². The van der Waals surface area contributed by atoms with Crippen molar-refractivity contribution in [1.82, 2.24) is 15.0 Å². The molecule has 342 valence electrons. The zero-order chi connectivity index (χ0) is 47.8. The highest BCUT2D eigenvalue weighted by atomic mass is 16.3. The van der Waals surface area contributed by atoms with E-state index >= 15 is 0 Å². The van der Waals surface area contributed by atoms with E-state index in [-0.39, 0.29) is 5.92 Å². The summed E-state index contributed by atoms with van der Waals surface area (Å²) in [6.45, 7) is 0. The number of rotatable bonds is 8. The van der Waals surface area contributed by atoms with E-state index in [2.05, 4.69) is 176 Å². The molecule has 0 spiro atoms. The fourth-order valence-electron chi connectivity index (χ4n) is 10.7. The van der Waals surface area contributed by atoms with E-state index in [9.17, 15) is 0 Å². The van der Waals surface area contributed by atoms with E-state index in [0.29, 0.717) is 17.5 Å². The number of hydrogen-bond acceptors (Lipinski definition) is 5. The predicted octanol–water partition coefficient (Wildman–Crippen LogP) is 17.1. The van der Waals surface area contributed by atoms with Crippen molar-refractivity contribution in [1.29, 1.82) is 0 Å². The molecule has 72 heavy (non-hydrogen) atoms. The van der Waals surface area contributed by atoms with Gasteiger partial charge in [0.05, 0.1) is 5.71 Å². The molecule has 1 aliphatic carbocycles. The van der Waals surface area contributed by atoms with E-state index < -0.39 is 0 Å². The van der Waals surface area contributed by atoms with Gasteiger partial charge >= 0.3 is 0 Å². The summed E-state index contributed by atoms with van der Waals surface area (Å²) in [7, 11) is 0. The fraction of sp³-hybridized carbons (Fsp3) is 0.0746. The summed E-state index contributed by atoms with van der Waals surface area (Å²) in [6, 6.07) is 79.2. The normalized spacial score (nSPS) is 16.7. The van der Waals surface area contributed by atoms with E-state index in [0.717, 1.165) is 104 Å². The lowest BCUT2D eigenvalue weighted by molar-refractivity contribution is 0.669. The zero-order valence-corrected chi connectivity index (χ0v) is 39.6. The maximum absolute atomic E-state index is 6.62. The van der Waals surface area contributed by atoms with Gasteiger partial charge in [0.15, 0.2) is 17.5 Å². The molecule has 0 saturated carbocycles. The maximum Gasteiger partial charge on any atom is 0.164 e. The first-order valence-electron chi connectivity index (χ1n) is 24.9. The van der Waals surface area contributed by atoms with Crippen LogP contribution in [0.1, 0.15) is 47.4 Å². The van der Waals surface area contributed by atoms with Crippen molar-refractivity contribution in [3.05, 3.63) is 265 Å². The fourth-order valence-corrected chi connectivity index (χ4v) is 10.7. The molecule has 0 saturated heterocycles. The number of benzene rings is 9. The second kappa shape index (κ2) is 18.7. The van der Waals surface area contributed by atoms with Crippen LogP contribution in [0.2, 0.25) is 0 Å². The molecule has 1 atom stereocenters. The molecule has 0 fully saturated rings. The molecule has 0 amide bonds. The van der Waals surface area contributed by atoms with Gasteiger partial charge in [0.1, 0.15) is 11.2 Å². The third-order valence-electron chi connectivity index (χ3n) is 14.3. The highest BCUT2D eigenvalue weighted by molar-refractivity contribution is 6.14. The number of allylic oxidation sites excluding steroid dienone is 4. The van der Waals surface area contributed by atoms with E-state index in [1.54, 1.807) is 0 Å². The molecule has 1 unspecified atom stereocenters. The first-order chi connectivity index (χ1) is 35.7. The number of furan rings is 1. The third kappa shape index (κ3) is 8.25. The van der Waals surface area contributed by atoms with Crippen LogP contribution in [0.5, 0.6) is 0 Å². The smallest absolute Gasteiger partial charge is 0.164 e. The first kappa shape index (κ1) is 43.0. The van der Waals surface area contributed by atoms with Gasteiger partial charge < -0.3 is 4.42 Å². The Morgan fingerprint density at radius 3 is 1.72 bits per heavy atom. The molecular formula is C67H48N4O. The average molecular weight is 925 g/mol. The van der Waals surface area contributed by atoms with Gasteiger partial charge in [-0.2, -0.15) is 0 Å². The monoisotopic (exact) mass is 924 g/mol. The Kier molecular flexibility index (Phi) is 11.2. The Hall–Kier alpha value is -9.06. The molecule has 9 aromatic carbocycles. The molecule has 2 aliphatic rings. The summed E-state index contributed by atoms with van der Waals surface area (Å²) in [5.41, 5.74) is 20.0. The Morgan fingerprint density at radius 2 is 0.986 bits per heavy atom. The van der Waals surface area contributed by atoms with Crippen LogP contribution in [-0.2, 0) is 6.42 Å². The number of aromatic nitrogens is 3. The van der Waals surface area contributed by atoms with Crippen molar-refractivity contribution < 1.29 is 4.42 Å². The van der Waals surface area contributed by atoms with Gasteiger partial charge in [0, 0.05) is 44.6 Å². The van der Waals surface area contributed by atoms with Crippen LogP contribution in [0.25, 0.3) is 95.1 Å². The number of aryl methyl sites for hydroxylation is 1. The highest BCUT2D eigenvalue weighted by Gasteiger charge is 2.27. The lowest BCUT2D eigenvalue weighted by Crippen LogP contribution is -2.08. The summed E-state index contributed by atoms with van der Waals surface area (Å²) < 4.78 is 6.62.